The number of aryl methyl sites for hydroxylation is 3. The van der Waals surface area contributed by atoms with Crippen molar-refractivity contribution in [3.63, 3.8) is 0 Å². The van der Waals surface area contributed by atoms with Crippen molar-refractivity contribution in [1.82, 2.24) is 0 Å². The Kier molecular flexibility index (Phi) is 22.2. The number of nitrogens with zero attached hydrogens (tertiary/aromatic N) is 2. The van der Waals surface area contributed by atoms with E-state index >= 15 is 0 Å². The molecule has 1 heterocycles. The molecule has 0 bridgehead atoms. The summed E-state index contributed by atoms with van der Waals surface area (Å²) in [7, 11) is 0.500. The molecule has 1 aliphatic heterocycles. The Bertz CT molecular complexity index is 2820. The van der Waals surface area contributed by atoms with Crippen LogP contribution >= 0.6 is 0 Å². The number of hydrogen-bond acceptors (Lipinski definition) is 2. The Morgan fingerprint density at radius 3 is 1.78 bits per heavy atom. The molecule has 0 radical (unpaired) electrons. The minimum Gasteiger partial charge on any atom is -0.369 e. The van der Waals surface area contributed by atoms with Crippen LogP contribution in [0.4, 0.5) is 10.1 Å². The van der Waals surface area contributed by atoms with Crippen LogP contribution in [0.15, 0.2) is 196 Å². The van der Waals surface area contributed by atoms with Crippen molar-refractivity contribution in [2.45, 2.75) is 173 Å². The molecule has 0 aromatic heterocycles. The number of nitriles is 1. The predicted octanol–water partition coefficient (Wildman–Crippen LogP) is 21.2. The van der Waals surface area contributed by atoms with Gasteiger partial charge in [0.2, 0.25) is 0 Å². The van der Waals surface area contributed by atoms with Gasteiger partial charge in [-0.2, -0.15) is 5.26 Å². The first-order chi connectivity index (χ1) is 38.0. The number of hydrogen-bond donors (Lipinski definition) is 0. The van der Waals surface area contributed by atoms with E-state index in [0.29, 0.717) is 31.0 Å². The van der Waals surface area contributed by atoms with E-state index in [-0.39, 0.29) is 10.8 Å². The first-order valence-electron chi connectivity index (χ1n) is 30.5. The molecule has 0 saturated heterocycles. The summed E-state index contributed by atoms with van der Waals surface area (Å²) in [6, 6.07) is 30.8. The Balaban J connectivity index is 0.000000229. The van der Waals surface area contributed by atoms with Gasteiger partial charge < -0.3 is 4.90 Å². The second kappa shape index (κ2) is 28.3. The van der Waals surface area contributed by atoms with Crippen molar-refractivity contribution in [3.05, 3.63) is 224 Å². The third kappa shape index (κ3) is 12.1. The fourth-order valence-electron chi connectivity index (χ4n) is 15.2. The zero-order valence-corrected chi connectivity index (χ0v) is 50.7. The van der Waals surface area contributed by atoms with Crippen LogP contribution in [0.2, 0.25) is 0 Å². The lowest BCUT2D eigenvalue weighted by atomic mass is 9.43. The molecular weight excluding hydrogens is 948 g/mol. The molecule has 3 heteroatoms. The van der Waals surface area contributed by atoms with Gasteiger partial charge in [0.25, 0.3) is 0 Å². The quantitative estimate of drug-likeness (QED) is 0.255. The third-order valence-corrected chi connectivity index (χ3v) is 18.8. The molecular formula is C75H97FN2. The van der Waals surface area contributed by atoms with Gasteiger partial charge in [-0.15, -0.1) is 0 Å². The molecule has 3 saturated carbocycles. The second-order valence-corrected chi connectivity index (χ2v) is 22.4. The van der Waals surface area contributed by atoms with Crippen molar-refractivity contribution in [3.8, 4) is 6.07 Å². The number of para-hydroxylation sites is 1. The lowest BCUT2D eigenvalue weighted by molar-refractivity contribution is -0.0223. The predicted molar refractivity (Wildman–Crippen MR) is 337 cm³/mol. The summed E-state index contributed by atoms with van der Waals surface area (Å²) < 4.78 is 9.50. The lowest BCUT2D eigenvalue weighted by Crippen LogP contribution is -2.54. The van der Waals surface area contributed by atoms with Gasteiger partial charge in [0.15, 0.2) is 0 Å². The van der Waals surface area contributed by atoms with Crippen molar-refractivity contribution in [2.24, 2.45) is 34.0 Å². The van der Waals surface area contributed by atoms with Crippen LogP contribution in [-0.2, 0) is 6.42 Å². The highest BCUT2D eigenvalue weighted by Gasteiger charge is 2.67. The monoisotopic (exact) mass is 1040 g/mol. The topological polar surface area (TPSA) is 27.0 Å². The Morgan fingerprint density at radius 1 is 0.654 bits per heavy atom. The van der Waals surface area contributed by atoms with E-state index in [2.05, 4.69) is 211 Å². The number of alkyl halides is 1. The van der Waals surface area contributed by atoms with Gasteiger partial charge in [0, 0.05) is 18.3 Å². The molecule has 78 heavy (non-hydrogen) atoms. The SMILES string of the molecule is CC.CC.CC.CCC(=C1C=CC=C1)C1(C#N)CCC2C3CCC4=CC(=C5C=CC=C5)CCC4(C)C3C(=C3C=CC=C3)CC21C.CCN1c2ccccc2CCC(=C(c2ccc(C)cc2)c2ccc(C)cc2)CCC1C.CF. The fraction of sp³-hybridized carbons (Fsp3) is 0.453. The van der Waals surface area contributed by atoms with Crippen LogP contribution in [-0.4, -0.2) is 19.8 Å². The first kappa shape index (κ1) is 61.2. The molecule has 11 rings (SSSR count). The maximum absolute atomic E-state index is 11.1. The summed E-state index contributed by atoms with van der Waals surface area (Å²) in [6.45, 7) is 29.4. The van der Waals surface area contributed by atoms with E-state index in [9.17, 15) is 9.65 Å². The Labute approximate surface area is 474 Å². The van der Waals surface area contributed by atoms with Gasteiger partial charge in [-0.05, 0) is 190 Å². The van der Waals surface area contributed by atoms with Crippen LogP contribution < -0.4 is 4.90 Å². The van der Waals surface area contributed by atoms with Crippen LogP contribution in [0, 0.1) is 59.2 Å². The maximum atomic E-state index is 11.1. The minimum atomic E-state index is -0.397. The number of halogens is 1. The molecule has 3 aromatic rings. The minimum absolute atomic E-state index is 0.0447. The number of benzene rings is 3. The molecule has 3 aromatic carbocycles. The molecule has 8 aliphatic rings. The average molecular weight is 1050 g/mol. The molecule has 0 amide bonds. The number of allylic oxidation sites excluding steroid dienone is 21. The molecule has 0 N–H and O–H groups in total. The highest BCUT2D eigenvalue weighted by atomic mass is 19.1. The number of fused-ring (bicyclic) bond motifs is 6. The fourth-order valence-corrected chi connectivity index (χ4v) is 15.2. The van der Waals surface area contributed by atoms with Crippen LogP contribution in [0.5, 0.6) is 0 Å². The average Bonchev–Trinajstić information content (AvgIpc) is 4.43. The standard InChI is InChI=1S/C38H41N.C30H35N.3C2H6.CH3F/c1-4-33(28-15-9-10-16-28)38(25-39)22-20-34-31-18-17-30-23-29(26-11-5-6-12-26)19-21-36(30,2)35(31)32(24-37(34,38)3)27-13-7-8-14-27;1-5-31-24(4)14-19-28(21-20-25-8-6-7-9-29(25)31)30(26-15-10-22(2)11-16-26)27-17-12-23(3)13-18-27;4*1-2/h5-16,23,31,34-35H,4,17-22,24H2,1-3H3;6-13,15-18,24H,5,14,19-21H2,1-4H3;3*1-2H3;1H3. The summed E-state index contributed by atoms with van der Waals surface area (Å²) in [5, 5.41) is 11.1. The largest absolute Gasteiger partial charge is 0.369 e. The highest BCUT2D eigenvalue weighted by Crippen LogP contribution is 2.73. The second-order valence-electron chi connectivity index (χ2n) is 22.4. The van der Waals surface area contributed by atoms with Crippen LogP contribution in [0.1, 0.15) is 175 Å². The van der Waals surface area contributed by atoms with Crippen molar-refractivity contribution in [1.29, 1.82) is 5.26 Å². The number of anilines is 1. The van der Waals surface area contributed by atoms with Gasteiger partial charge >= 0.3 is 0 Å². The van der Waals surface area contributed by atoms with E-state index in [4.69, 9.17) is 0 Å². The lowest BCUT2D eigenvalue weighted by Gasteiger charge is -2.61. The summed E-state index contributed by atoms with van der Waals surface area (Å²) in [5.41, 5.74) is 21.4. The van der Waals surface area contributed by atoms with E-state index in [1.54, 1.807) is 16.7 Å². The maximum Gasteiger partial charge on any atom is 0.0850 e. The van der Waals surface area contributed by atoms with Crippen molar-refractivity contribution < 1.29 is 4.39 Å². The van der Waals surface area contributed by atoms with E-state index in [0.717, 1.165) is 51.5 Å². The Hall–Kier alpha value is -5.98. The van der Waals surface area contributed by atoms with Gasteiger partial charge in [-0.25, -0.2) is 0 Å². The van der Waals surface area contributed by atoms with Crippen molar-refractivity contribution >= 4 is 11.3 Å². The molecule has 414 valence electrons. The van der Waals surface area contributed by atoms with Gasteiger partial charge in [-0.1, -0.05) is 236 Å². The van der Waals surface area contributed by atoms with E-state index in [1.807, 2.05) is 41.5 Å². The van der Waals surface area contributed by atoms with E-state index < -0.39 is 5.41 Å². The summed E-state index contributed by atoms with van der Waals surface area (Å²) in [5.74, 6) is 1.80. The zero-order valence-electron chi connectivity index (χ0n) is 50.7. The van der Waals surface area contributed by atoms with Gasteiger partial charge in [0.05, 0.1) is 18.7 Å². The summed E-state index contributed by atoms with van der Waals surface area (Å²) in [6.07, 6.45) is 43.0. The molecule has 3 fully saturated rings. The zero-order chi connectivity index (χ0) is 56.6. The molecule has 2 nitrogen and oxygen atoms in total. The van der Waals surface area contributed by atoms with Gasteiger partial charge in [-0.3, -0.25) is 4.39 Å². The van der Waals surface area contributed by atoms with E-state index in [1.165, 1.54) is 99.0 Å². The summed E-state index contributed by atoms with van der Waals surface area (Å²) >= 11 is 0. The smallest absolute Gasteiger partial charge is 0.0850 e. The van der Waals surface area contributed by atoms with Crippen LogP contribution in [0.3, 0.4) is 0 Å². The third-order valence-electron chi connectivity index (χ3n) is 18.8. The normalized spacial score (nSPS) is 26.7. The van der Waals surface area contributed by atoms with Crippen molar-refractivity contribution in [2.75, 3.05) is 18.6 Å². The number of rotatable bonds is 5. The molecule has 7 unspecified atom stereocenters. The highest BCUT2D eigenvalue weighted by molar-refractivity contribution is 5.82. The first-order valence-corrected chi connectivity index (χ1v) is 30.5. The molecule has 0 spiro atoms. The van der Waals surface area contributed by atoms with Gasteiger partial charge in [0.1, 0.15) is 0 Å². The summed E-state index contributed by atoms with van der Waals surface area (Å²) in [4.78, 5) is 2.59. The van der Waals surface area contributed by atoms with Crippen LogP contribution in [0.25, 0.3) is 5.57 Å². The molecule has 7 aliphatic carbocycles. The molecule has 7 atom stereocenters. The Morgan fingerprint density at radius 2 is 1.22 bits per heavy atom.